The number of hydrogen-bond donors (Lipinski definition) is 2. The summed E-state index contributed by atoms with van der Waals surface area (Å²) in [6.07, 6.45) is 5.77. The minimum absolute atomic E-state index is 0.185. The highest BCUT2D eigenvalue weighted by Gasteiger charge is 2.17. The molecule has 0 radical (unpaired) electrons. The van der Waals surface area contributed by atoms with Crippen LogP contribution in [0.15, 0.2) is 97.5 Å². The largest absolute Gasteiger partial charge is 0.344 e. The van der Waals surface area contributed by atoms with E-state index in [-0.39, 0.29) is 17.9 Å². The summed E-state index contributed by atoms with van der Waals surface area (Å²) >= 11 is 0. The third kappa shape index (κ3) is 5.42. The van der Waals surface area contributed by atoms with E-state index < -0.39 is 0 Å². The van der Waals surface area contributed by atoms with Gasteiger partial charge in [0.1, 0.15) is 0 Å². The summed E-state index contributed by atoms with van der Waals surface area (Å²) in [5.74, 6) is -0.450. The fraction of sp³-hybridized carbons (Fsp3) is 0.129. The van der Waals surface area contributed by atoms with Crippen LogP contribution in [-0.2, 0) is 0 Å². The maximum atomic E-state index is 13.2. The molecule has 7 heteroatoms. The maximum Gasteiger partial charge on any atom is 0.256 e. The number of carbonyl (C=O) groups excluding carboxylic acids is 2. The summed E-state index contributed by atoms with van der Waals surface area (Å²) in [7, 11) is 0. The zero-order chi connectivity index (χ0) is 26.5. The average Bonchev–Trinajstić information content (AvgIpc) is 2.96. The van der Waals surface area contributed by atoms with Crippen LogP contribution in [0.2, 0.25) is 0 Å². The fourth-order valence-corrected chi connectivity index (χ4v) is 4.26. The zero-order valence-corrected chi connectivity index (χ0v) is 21.2. The molecule has 0 saturated carbocycles. The monoisotopic (exact) mass is 501 g/mol. The van der Waals surface area contributed by atoms with E-state index in [9.17, 15) is 9.59 Å². The van der Waals surface area contributed by atoms with Crippen LogP contribution >= 0.6 is 0 Å². The van der Waals surface area contributed by atoms with Gasteiger partial charge in [-0.1, -0.05) is 43.3 Å². The Kier molecular flexibility index (Phi) is 7.17. The van der Waals surface area contributed by atoms with Gasteiger partial charge < -0.3 is 10.6 Å². The molecule has 3 heterocycles. The molecule has 0 aliphatic carbocycles. The van der Waals surface area contributed by atoms with Gasteiger partial charge >= 0.3 is 0 Å². The minimum Gasteiger partial charge on any atom is -0.344 e. The van der Waals surface area contributed by atoms with E-state index in [1.165, 1.54) is 0 Å². The molecule has 0 unspecified atom stereocenters. The quantitative estimate of drug-likeness (QED) is 0.279. The lowest BCUT2D eigenvalue weighted by molar-refractivity contribution is 0.0933. The summed E-state index contributed by atoms with van der Waals surface area (Å²) < 4.78 is 0. The number of hydrogen-bond acceptors (Lipinski definition) is 5. The Morgan fingerprint density at radius 2 is 1.68 bits per heavy atom. The van der Waals surface area contributed by atoms with Crippen molar-refractivity contribution in [3.05, 3.63) is 120 Å². The first-order chi connectivity index (χ1) is 18.5. The number of carbonyl (C=O) groups is 2. The van der Waals surface area contributed by atoms with E-state index in [1.807, 2.05) is 68.4 Å². The summed E-state index contributed by atoms with van der Waals surface area (Å²) in [6.45, 7) is 3.98. The van der Waals surface area contributed by atoms with Crippen LogP contribution in [0.3, 0.4) is 0 Å². The number of pyridine rings is 3. The molecule has 7 nitrogen and oxygen atoms in total. The molecule has 5 aromatic rings. The number of anilines is 1. The van der Waals surface area contributed by atoms with Crippen LogP contribution in [-0.4, -0.2) is 26.8 Å². The molecule has 38 heavy (non-hydrogen) atoms. The molecule has 1 atom stereocenters. The second-order valence-corrected chi connectivity index (χ2v) is 9.04. The van der Waals surface area contributed by atoms with E-state index in [1.54, 1.807) is 42.9 Å². The van der Waals surface area contributed by atoms with Gasteiger partial charge in [-0.2, -0.15) is 0 Å². The average molecular weight is 502 g/mol. The Morgan fingerprint density at radius 1 is 0.842 bits per heavy atom. The predicted molar refractivity (Wildman–Crippen MR) is 149 cm³/mol. The molecule has 0 aliphatic rings. The maximum absolute atomic E-state index is 13.2. The number of nitrogens with one attached hydrogen (secondary N) is 2. The number of benzene rings is 2. The predicted octanol–water partition coefficient (Wildman–Crippen LogP) is 6.13. The second kappa shape index (κ2) is 11.0. The van der Waals surface area contributed by atoms with E-state index in [2.05, 4.69) is 25.6 Å². The number of fused-ring (bicyclic) bond motifs is 1. The lowest BCUT2D eigenvalue weighted by Gasteiger charge is -2.16. The molecule has 2 N–H and O–H groups in total. The van der Waals surface area contributed by atoms with E-state index >= 15 is 0 Å². The van der Waals surface area contributed by atoms with Crippen LogP contribution in [0, 0.1) is 6.92 Å². The Hall–Kier alpha value is -4.91. The van der Waals surface area contributed by atoms with Gasteiger partial charge in [0.2, 0.25) is 0 Å². The summed E-state index contributed by atoms with van der Waals surface area (Å²) in [4.78, 5) is 39.4. The van der Waals surface area contributed by atoms with Crippen molar-refractivity contribution in [1.82, 2.24) is 20.3 Å². The SMILES string of the molecule is CC[C@@H](NC(=O)c1cnc2cc(NC(=O)c3ccccc3-c3ccc(C)cn3)ccc2c1)c1ccccn1. The van der Waals surface area contributed by atoms with Crippen molar-refractivity contribution in [3.8, 4) is 11.3 Å². The van der Waals surface area contributed by atoms with Gasteiger partial charge in [0.05, 0.1) is 28.5 Å². The Labute approximate surface area is 221 Å². The highest BCUT2D eigenvalue weighted by molar-refractivity contribution is 6.09. The third-order valence-electron chi connectivity index (χ3n) is 6.32. The molecule has 2 aromatic carbocycles. The second-order valence-electron chi connectivity index (χ2n) is 9.04. The normalized spacial score (nSPS) is 11.6. The smallest absolute Gasteiger partial charge is 0.256 e. The van der Waals surface area contributed by atoms with Crippen molar-refractivity contribution in [3.63, 3.8) is 0 Å². The van der Waals surface area contributed by atoms with Gasteiger partial charge in [-0.25, -0.2) is 0 Å². The lowest BCUT2D eigenvalue weighted by Crippen LogP contribution is -2.28. The number of nitrogens with zero attached hydrogens (tertiary/aromatic N) is 3. The van der Waals surface area contributed by atoms with E-state index in [0.717, 1.165) is 34.3 Å². The molecule has 3 aromatic heterocycles. The molecule has 0 fully saturated rings. The van der Waals surface area contributed by atoms with Crippen LogP contribution in [0.4, 0.5) is 5.69 Å². The van der Waals surface area contributed by atoms with Crippen molar-refractivity contribution in [2.24, 2.45) is 0 Å². The fourth-order valence-electron chi connectivity index (χ4n) is 4.26. The molecule has 0 aliphatic heterocycles. The van der Waals surface area contributed by atoms with Crippen LogP contribution in [0.5, 0.6) is 0 Å². The highest BCUT2D eigenvalue weighted by atomic mass is 16.2. The van der Waals surface area contributed by atoms with Crippen LogP contribution in [0.1, 0.15) is 51.4 Å². The third-order valence-corrected chi connectivity index (χ3v) is 6.32. The summed E-state index contributed by atoms with van der Waals surface area (Å²) in [5, 5.41) is 6.80. The summed E-state index contributed by atoms with van der Waals surface area (Å²) in [5.41, 5.74) is 5.64. The first-order valence-corrected chi connectivity index (χ1v) is 12.5. The molecule has 2 amide bonds. The van der Waals surface area contributed by atoms with Gasteiger partial charge in [0.25, 0.3) is 11.8 Å². The van der Waals surface area contributed by atoms with Crippen LogP contribution < -0.4 is 10.6 Å². The molecule has 0 spiro atoms. The Balaban J connectivity index is 1.33. The Bertz CT molecular complexity index is 1600. The molecule has 0 saturated heterocycles. The molecule has 188 valence electrons. The zero-order valence-electron chi connectivity index (χ0n) is 21.2. The first kappa shape index (κ1) is 24.8. The van der Waals surface area contributed by atoms with Gasteiger partial charge in [0.15, 0.2) is 0 Å². The molecular formula is C31H27N5O2. The van der Waals surface area contributed by atoms with Gasteiger partial charge in [-0.15, -0.1) is 0 Å². The molecular weight excluding hydrogens is 474 g/mol. The van der Waals surface area contributed by atoms with Crippen molar-refractivity contribution >= 4 is 28.4 Å². The Morgan fingerprint density at radius 3 is 2.45 bits per heavy atom. The van der Waals surface area contributed by atoms with Gasteiger partial charge in [0, 0.05) is 40.8 Å². The highest BCUT2D eigenvalue weighted by Crippen LogP contribution is 2.25. The van der Waals surface area contributed by atoms with Crippen molar-refractivity contribution in [1.29, 1.82) is 0 Å². The van der Waals surface area contributed by atoms with Crippen molar-refractivity contribution in [2.75, 3.05) is 5.32 Å². The summed E-state index contributed by atoms with van der Waals surface area (Å²) in [6, 6.07) is 24.0. The number of aryl methyl sites for hydroxylation is 1. The van der Waals surface area contributed by atoms with Crippen molar-refractivity contribution in [2.45, 2.75) is 26.3 Å². The van der Waals surface area contributed by atoms with E-state index in [0.29, 0.717) is 22.3 Å². The van der Waals surface area contributed by atoms with Crippen molar-refractivity contribution < 1.29 is 9.59 Å². The molecule has 5 rings (SSSR count). The molecule has 0 bridgehead atoms. The number of amides is 2. The number of rotatable bonds is 7. The van der Waals surface area contributed by atoms with Gasteiger partial charge in [-0.3, -0.25) is 24.5 Å². The first-order valence-electron chi connectivity index (χ1n) is 12.5. The minimum atomic E-state index is -0.238. The topological polar surface area (TPSA) is 96.9 Å². The van der Waals surface area contributed by atoms with E-state index in [4.69, 9.17) is 0 Å². The van der Waals surface area contributed by atoms with Gasteiger partial charge in [-0.05, 0) is 61.4 Å². The van der Waals surface area contributed by atoms with Crippen LogP contribution in [0.25, 0.3) is 22.2 Å². The number of aromatic nitrogens is 3. The standard InChI is InChI=1S/C31H27N5O2/c1-3-26(28-10-6-7-15-32-28)36-30(37)22-16-21-12-13-23(17-29(21)34-19-22)35-31(38)25-9-5-4-8-24(25)27-14-11-20(2)18-33-27/h4-19,26H,3H2,1-2H3,(H,35,38)(H,36,37)/t26-/m1/s1. The lowest BCUT2D eigenvalue weighted by atomic mass is 10.0.